The lowest BCUT2D eigenvalue weighted by Gasteiger charge is -2.14. The molecule has 1 aliphatic carbocycles. The molecular weight excluding hydrogens is 305 g/mol. The molecule has 22 heavy (non-hydrogen) atoms. The summed E-state index contributed by atoms with van der Waals surface area (Å²) in [6.07, 6.45) is 6.27. The Labute approximate surface area is 129 Å². The molecule has 5 nitrogen and oxygen atoms in total. The van der Waals surface area contributed by atoms with Crippen LogP contribution in [-0.4, -0.2) is 24.7 Å². The highest BCUT2D eigenvalue weighted by Crippen LogP contribution is 2.20. The molecule has 1 aliphatic rings. The van der Waals surface area contributed by atoms with Gasteiger partial charge in [0.2, 0.25) is 10.0 Å². The summed E-state index contributed by atoms with van der Waals surface area (Å²) in [6, 6.07) is 4.79. The normalized spacial score (nSPS) is 14.8. The van der Waals surface area contributed by atoms with Gasteiger partial charge in [-0.3, -0.25) is 4.68 Å². The van der Waals surface area contributed by atoms with E-state index in [1.54, 1.807) is 0 Å². The standard InChI is InChI=1S/C15H18FN3O2S/c16-13-5-7-14(8-6-13)22(20,21)18-9-10-19-15-4-2-1-3-12(15)11-17-19/h5-8,11,18H,1-4,9-10H2. The predicted octanol–water partition coefficient (Wildman–Crippen LogP) is 1.88. The number of rotatable bonds is 5. The van der Waals surface area contributed by atoms with E-state index in [1.165, 1.54) is 29.8 Å². The van der Waals surface area contributed by atoms with Crippen molar-refractivity contribution in [3.05, 3.63) is 47.5 Å². The smallest absolute Gasteiger partial charge is 0.240 e. The van der Waals surface area contributed by atoms with E-state index in [1.807, 2.05) is 10.9 Å². The van der Waals surface area contributed by atoms with Crippen LogP contribution in [0.5, 0.6) is 0 Å². The first-order chi connectivity index (χ1) is 10.6. The highest BCUT2D eigenvalue weighted by Gasteiger charge is 2.16. The van der Waals surface area contributed by atoms with Gasteiger partial charge < -0.3 is 0 Å². The van der Waals surface area contributed by atoms with Gasteiger partial charge >= 0.3 is 0 Å². The molecule has 1 aromatic carbocycles. The van der Waals surface area contributed by atoms with Crippen LogP contribution < -0.4 is 4.72 Å². The molecule has 0 amide bonds. The van der Waals surface area contributed by atoms with Crippen molar-refractivity contribution < 1.29 is 12.8 Å². The Bertz CT molecular complexity index is 754. The summed E-state index contributed by atoms with van der Waals surface area (Å²) < 4.78 is 41.4. The minimum Gasteiger partial charge on any atom is -0.268 e. The second-order valence-electron chi connectivity index (χ2n) is 5.40. The zero-order chi connectivity index (χ0) is 15.6. The Balaban J connectivity index is 1.63. The molecule has 0 spiro atoms. The third-order valence-electron chi connectivity index (χ3n) is 3.88. The summed E-state index contributed by atoms with van der Waals surface area (Å²) in [6.45, 7) is 0.754. The van der Waals surface area contributed by atoms with Gasteiger partial charge in [0, 0.05) is 12.2 Å². The maximum Gasteiger partial charge on any atom is 0.240 e. The van der Waals surface area contributed by atoms with Crippen LogP contribution in [0.15, 0.2) is 35.4 Å². The van der Waals surface area contributed by atoms with Crippen LogP contribution in [-0.2, 0) is 29.4 Å². The molecule has 7 heteroatoms. The van der Waals surface area contributed by atoms with Crippen LogP contribution in [0.2, 0.25) is 0 Å². The highest BCUT2D eigenvalue weighted by atomic mass is 32.2. The SMILES string of the molecule is O=S(=O)(NCCn1ncc2c1CCCC2)c1ccc(F)cc1. The number of benzene rings is 1. The van der Waals surface area contributed by atoms with E-state index in [-0.39, 0.29) is 11.4 Å². The average Bonchev–Trinajstić information content (AvgIpc) is 2.91. The summed E-state index contributed by atoms with van der Waals surface area (Å²) in [5, 5.41) is 4.33. The van der Waals surface area contributed by atoms with E-state index in [0.29, 0.717) is 6.54 Å². The van der Waals surface area contributed by atoms with Gasteiger partial charge in [-0.2, -0.15) is 5.10 Å². The molecular formula is C15H18FN3O2S. The largest absolute Gasteiger partial charge is 0.268 e. The highest BCUT2D eigenvalue weighted by molar-refractivity contribution is 7.89. The molecule has 1 N–H and O–H groups in total. The van der Waals surface area contributed by atoms with Gasteiger partial charge in [0.25, 0.3) is 0 Å². The molecule has 1 aromatic heterocycles. The van der Waals surface area contributed by atoms with Crippen molar-refractivity contribution >= 4 is 10.0 Å². The molecule has 0 saturated carbocycles. The molecule has 0 unspecified atom stereocenters. The number of nitrogens with zero attached hydrogens (tertiary/aromatic N) is 2. The van der Waals surface area contributed by atoms with Gasteiger partial charge in [0.15, 0.2) is 0 Å². The molecule has 118 valence electrons. The van der Waals surface area contributed by atoms with Crippen LogP contribution >= 0.6 is 0 Å². The fourth-order valence-corrected chi connectivity index (χ4v) is 3.75. The monoisotopic (exact) mass is 323 g/mol. The molecule has 1 heterocycles. The first kappa shape index (κ1) is 15.2. The molecule has 0 bridgehead atoms. The fourth-order valence-electron chi connectivity index (χ4n) is 2.73. The van der Waals surface area contributed by atoms with Crippen molar-refractivity contribution in [1.29, 1.82) is 0 Å². The van der Waals surface area contributed by atoms with Crippen molar-refractivity contribution in [2.24, 2.45) is 0 Å². The predicted molar refractivity (Wildman–Crippen MR) is 80.5 cm³/mol. The van der Waals surface area contributed by atoms with Gasteiger partial charge in [-0.25, -0.2) is 17.5 Å². The van der Waals surface area contributed by atoms with Crippen molar-refractivity contribution in [1.82, 2.24) is 14.5 Å². The lowest BCUT2D eigenvalue weighted by Crippen LogP contribution is -2.28. The number of hydrogen-bond donors (Lipinski definition) is 1. The fraction of sp³-hybridized carbons (Fsp3) is 0.400. The third-order valence-corrected chi connectivity index (χ3v) is 5.36. The molecule has 0 radical (unpaired) electrons. The first-order valence-electron chi connectivity index (χ1n) is 7.35. The number of aromatic nitrogens is 2. The molecule has 3 rings (SSSR count). The van der Waals surface area contributed by atoms with Crippen molar-refractivity contribution in [2.75, 3.05) is 6.54 Å². The van der Waals surface area contributed by atoms with Gasteiger partial charge in [-0.05, 0) is 55.5 Å². The van der Waals surface area contributed by atoms with Crippen LogP contribution in [0.25, 0.3) is 0 Å². The number of fused-ring (bicyclic) bond motifs is 1. The van der Waals surface area contributed by atoms with Crippen LogP contribution in [0.1, 0.15) is 24.1 Å². The number of aryl methyl sites for hydroxylation is 1. The topological polar surface area (TPSA) is 64.0 Å². The lowest BCUT2D eigenvalue weighted by atomic mass is 9.98. The molecule has 0 atom stereocenters. The van der Waals surface area contributed by atoms with Crippen LogP contribution in [0.3, 0.4) is 0 Å². The average molecular weight is 323 g/mol. The molecule has 2 aromatic rings. The second-order valence-corrected chi connectivity index (χ2v) is 7.17. The first-order valence-corrected chi connectivity index (χ1v) is 8.83. The van der Waals surface area contributed by atoms with Gasteiger partial charge in [-0.15, -0.1) is 0 Å². The maximum absolute atomic E-state index is 12.8. The molecule has 0 fully saturated rings. The van der Waals surface area contributed by atoms with E-state index in [4.69, 9.17) is 0 Å². The van der Waals surface area contributed by atoms with Crippen molar-refractivity contribution in [3.8, 4) is 0 Å². The van der Waals surface area contributed by atoms with Crippen LogP contribution in [0.4, 0.5) is 4.39 Å². The zero-order valence-electron chi connectivity index (χ0n) is 12.1. The molecule has 0 aliphatic heterocycles. The minimum atomic E-state index is -3.61. The van der Waals surface area contributed by atoms with E-state index in [9.17, 15) is 12.8 Å². The summed E-state index contributed by atoms with van der Waals surface area (Å²) >= 11 is 0. The van der Waals surface area contributed by atoms with E-state index < -0.39 is 15.8 Å². The van der Waals surface area contributed by atoms with E-state index in [0.717, 1.165) is 31.4 Å². The number of nitrogens with one attached hydrogen (secondary N) is 1. The van der Waals surface area contributed by atoms with Crippen LogP contribution in [0, 0.1) is 5.82 Å². The number of halogens is 1. The third kappa shape index (κ3) is 3.20. The number of hydrogen-bond acceptors (Lipinski definition) is 3. The Hall–Kier alpha value is -1.73. The summed E-state index contributed by atoms with van der Waals surface area (Å²) in [4.78, 5) is 0.0661. The second kappa shape index (κ2) is 6.18. The summed E-state index contributed by atoms with van der Waals surface area (Å²) in [5.41, 5.74) is 2.49. The van der Waals surface area contributed by atoms with Crippen molar-refractivity contribution in [2.45, 2.75) is 37.1 Å². The van der Waals surface area contributed by atoms with Gasteiger partial charge in [-0.1, -0.05) is 0 Å². The van der Waals surface area contributed by atoms with E-state index >= 15 is 0 Å². The Morgan fingerprint density at radius 1 is 1.18 bits per heavy atom. The lowest BCUT2D eigenvalue weighted by molar-refractivity contribution is 0.538. The Kier molecular flexibility index (Phi) is 4.26. The van der Waals surface area contributed by atoms with Gasteiger partial charge in [0.1, 0.15) is 5.82 Å². The van der Waals surface area contributed by atoms with Crippen molar-refractivity contribution in [3.63, 3.8) is 0 Å². The maximum atomic E-state index is 12.8. The number of sulfonamides is 1. The Morgan fingerprint density at radius 3 is 2.68 bits per heavy atom. The summed E-state index contributed by atoms with van der Waals surface area (Å²) in [7, 11) is -3.61. The quantitative estimate of drug-likeness (QED) is 0.914. The summed E-state index contributed by atoms with van der Waals surface area (Å²) in [5.74, 6) is -0.456. The Morgan fingerprint density at radius 2 is 1.91 bits per heavy atom. The minimum absolute atomic E-state index is 0.0661. The van der Waals surface area contributed by atoms with E-state index in [2.05, 4.69) is 9.82 Å². The molecule has 0 saturated heterocycles. The zero-order valence-corrected chi connectivity index (χ0v) is 12.9. The van der Waals surface area contributed by atoms with Gasteiger partial charge in [0.05, 0.1) is 17.6 Å².